The molecule has 2 aromatic rings. The minimum Gasteiger partial charge on any atom is -0.0679 e. The molecule has 2 heteroatoms. The lowest BCUT2D eigenvalue weighted by molar-refractivity contribution is 0.588. The van der Waals surface area contributed by atoms with Gasteiger partial charge in [-0.25, -0.2) is 0 Å². The molecule has 2 aliphatic rings. The molecule has 0 aliphatic heterocycles. The van der Waals surface area contributed by atoms with E-state index in [0.29, 0.717) is 11.1 Å². The van der Waals surface area contributed by atoms with E-state index in [1.807, 2.05) is 0 Å². The Labute approximate surface area is 179 Å². The van der Waals surface area contributed by atoms with Crippen molar-refractivity contribution in [3.8, 4) is 0 Å². The zero-order valence-electron chi connectivity index (χ0n) is 18.2. The second-order valence-corrected chi connectivity index (χ2v) is 15.9. The number of hydrogen-bond acceptors (Lipinski definition) is 0. The van der Waals surface area contributed by atoms with Crippen molar-refractivity contribution in [1.82, 2.24) is 0 Å². The second-order valence-electron chi connectivity index (χ2n) is 10.3. The highest BCUT2D eigenvalue weighted by Crippen LogP contribution is 2.53. The van der Waals surface area contributed by atoms with E-state index in [4.69, 9.17) is 0 Å². The number of fused-ring (bicyclic) bond motifs is 2. The Morgan fingerprint density at radius 1 is 0.786 bits per heavy atom. The lowest BCUT2D eigenvalue weighted by Crippen LogP contribution is -2.42. The van der Waals surface area contributed by atoms with E-state index >= 15 is 0 Å². The van der Waals surface area contributed by atoms with Crippen LogP contribution < -0.4 is 0 Å². The zero-order valence-corrected chi connectivity index (χ0v) is 20.7. The van der Waals surface area contributed by atoms with E-state index in [9.17, 15) is 0 Å². The minimum atomic E-state index is -1.73. The van der Waals surface area contributed by atoms with Gasteiger partial charge in [0.15, 0.2) is 0 Å². The van der Waals surface area contributed by atoms with Crippen LogP contribution in [0.2, 0.25) is 13.1 Å². The van der Waals surface area contributed by atoms with Gasteiger partial charge in [0.05, 0.1) is 8.07 Å². The van der Waals surface area contributed by atoms with E-state index < -0.39 is 8.07 Å². The van der Waals surface area contributed by atoms with Crippen LogP contribution in [-0.4, -0.2) is 8.07 Å². The fourth-order valence-corrected chi connectivity index (χ4v) is 11.3. The molecular formula is C26H31BrSi. The average molecular weight is 452 g/mol. The van der Waals surface area contributed by atoms with Gasteiger partial charge >= 0.3 is 0 Å². The number of hydrogen-bond donors (Lipinski definition) is 0. The molecule has 2 unspecified atom stereocenters. The highest BCUT2D eigenvalue weighted by atomic mass is 79.9. The van der Waals surface area contributed by atoms with Crippen LogP contribution in [0.25, 0.3) is 12.2 Å². The van der Waals surface area contributed by atoms with Gasteiger partial charge in [0, 0.05) is 15.6 Å². The zero-order chi connectivity index (χ0) is 20.4. The van der Waals surface area contributed by atoms with Crippen LogP contribution in [0, 0.1) is 0 Å². The first-order valence-corrected chi connectivity index (χ1v) is 14.3. The van der Waals surface area contributed by atoms with Crippen LogP contribution >= 0.6 is 15.9 Å². The van der Waals surface area contributed by atoms with Crippen molar-refractivity contribution < 1.29 is 0 Å². The molecule has 0 aromatic heterocycles. The molecule has 0 radical (unpaired) electrons. The van der Waals surface area contributed by atoms with Gasteiger partial charge < -0.3 is 0 Å². The van der Waals surface area contributed by atoms with E-state index in [1.165, 1.54) is 32.3 Å². The van der Waals surface area contributed by atoms with Crippen molar-refractivity contribution >= 4 is 36.2 Å². The van der Waals surface area contributed by atoms with Gasteiger partial charge in [-0.3, -0.25) is 0 Å². The van der Waals surface area contributed by atoms with Crippen LogP contribution in [0.4, 0.5) is 0 Å². The highest BCUT2D eigenvalue weighted by Gasteiger charge is 2.47. The minimum absolute atomic E-state index is 0.170. The first kappa shape index (κ1) is 19.9. The summed E-state index contributed by atoms with van der Waals surface area (Å²) in [5, 5.41) is 0. The molecule has 2 atom stereocenters. The van der Waals surface area contributed by atoms with Gasteiger partial charge in [-0.2, -0.15) is 0 Å². The normalized spacial score (nSPS) is 21.3. The summed E-state index contributed by atoms with van der Waals surface area (Å²) in [6, 6.07) is 13.7. The summed E-state index contributed by atoms with van der Waals surface area (Å²) >= 11 is 3.78. The van der Waals surface area contributed by atoms with Gasteiger partial charge in [0.1, 0.15) is 0 Å². The van der Waals surface area contributed by atoms with Crippen LogP contribution in [-0.2, 0) is 5.41 Å². The summed E-state index contributed by atoms with van der Waals surface area (Å²) in [7, 11) is -1.73. The number of benzene rings is 2. The summed E-state index contributed by atoms with van der Waals surface area (Å²) in [4.78, 5) is 0. The Kier molecular flexibility index (Phi) is 4.67. The van der Waals surface area contributed by atoms with E-state index in [-0.39, 0.29) is 5.41 Å². The summed E-state index contributed by atoms with van der Waals surface area (Å²) in [6.07, 6.45) is 4.91. The Hall–Kier alpha value is -1.38. The van der Waals surface area contributed by atoms with Gasteiger partial charge in [0.2, 0.25) is 0 Å². The molecule has 0 saturated heterocycles. The predicted octanol–water partition coefficient (Wildman–Crippen LogP) is 8.23. The number of allylic oxidation sites excluding steroid dienone is 2. The van der Waals surface area contributed by atoms with Crippen LogP contribution in [0.3, 0.4) is 0 Å². The van der Waals surface area contributed by atoms with Crippen molar-refractivity contribution in [2.24, 2.45) is 0 Å². The molecule has 0 saturated carbocycles. The molecule has 0 amide bonds. The summed E-state index contributed by atoms with van der Waals surface area (Å²) in [6.45, 7) is 16.9. The third-order valence-electron chi connectivity index (χ3n) is 6.80. The Bertz CT molecular complexity index is 1020. The molecule has 4 rings (SSSR count). The first-order valence-electron chi connectivity index (χ1n) is 10.3. The Balaban J connectivity index is 1.85. The quantitative estimate of drug-likeness (QED) is 0.403. The largest absolute Gasteiger partial charge is 0.0722 e. The molecule has 0 spiro atoms. The molecule has 2 aromatic carbocycles. The molecule has 0 nitrogen and oxygen atoms in total. The molecule has 146 valence electrons. The number of halogens is 1. The lowest BCUT2D eigenvalue weighted by Gasteiger charge is -2.39. The predicted molar refractivity (Wildman–Crippen MR) is 130 cm³/mol. The standard InChI is InChI=1S/C26H31BrSi/c1-16-14-20-18(10-8-12-22(20)26(3,4)5)24(16)28(6,7)25-17(2)15-21-19(25)11-9-13-23(21)27/h8-15,24-25H,1-7H3. The molecule has 28 heavy (non-hydrogen) atoms. The first-order chi connectivity index (χ1) is 13.0. The fourth-order valence-electron chi connectivity index (χ4n) is 5.86. The summed E-state index contributed by atoms with van der Waals surface area (Å²) in [5.41, 5.74) is 11.9. The average Bonchev–Trinajstić information content (AvgIpc) is 3.10. The van der Waals surface area contributed by atoms with Gasteiger partial charge in [-0.1, -0.05) is 103 Å². The smallest absolute Gasteiger partial charge is 0.0679 e. The maximum atomic E-state index is 3.78. The Morgan fingerprint density at radius 3 is 1.86 bits per heavy atom. The van der Waals surface area contributed by atoms with Crippen LogP contribution in [0.1, 0.15) is 73.5 Å². The third kappa shape index (κ3) is 2.92. The molecule has 0 heterocycles. The van der Waals surface area contributed by atoms with Crippen molar-refractivity contribution in [3.63, 3.8) is 0 Å². The van der Waals surface area contributed by atoms with Crippen LogP contribution in [0.5, 0.6) is 0 Å². The molecular weight excluding hydrogens is 420 g/mol. The van der Waals surface area contributed by atoms with Crippen LogP contribution in [0.15, 0.2) is 52.0 Å². The molecule has 0 bridgehead atoms. The maximum Gasteiger partial charge on any atom is 0.0722 e. The second kappa shape index (κ2) is 6.57. The van der Waals surface area contributed by atoms with Gasteiger partial charge in [0.25, 0.3) is 0 Å². The van der Waals surface area contributed by atoms with E-state index in [2.05, 4.69) is 112 Å². The highest BCUT2D eigenvalue weighted by molar-refractivity contribution is 9.10. The monoisotopic (exact) mass is 450 g/mol. The van der Waals surface area contributed by atoms with Crippen molar-refractivity contribution in [2.75, 3.05) is 0 Å². The number of rotatable bonds is 2. The summed E-state index contributed by atoms with van der Waals surface area (Å²) < 4.78 is 1.23. The molecule has 0 N–H and O–H groups in total. The van der Waals surface area contributed by atoms with Crippen molar-refractivity contribution in [3.05, 3.63) is 79.8 Å². The van der Waals surface area contributed by atoms with Crippen molar-refractivity contribution in [2.45, 2.75) is 64.2 Å². The van der Waals surface area contributed by atoms with Crippen molar-refractivity contribution in [1.29, 1.82) is 0 Å². The van der Waals surface area contributed by atoms with E-state index in [1.54, 1.807) is 11.1 Å². The third-order valence-corrected chi connectivity index (χ3v) is 12.0. The van der Waals surface area contributed by atoms with Gasteiger partial charge in [-0.05, 0) is 53.1 Å². The summed E-state index contributed by atoms with van der Waals surface area (Å²) in [5.74, 6) is 0. The fraction of sp³-hybridized carbons (Fsp3) is 0.385. The Morgan fingerprint density at radius 2 is 1.29 bits per heavy atom. The van der Waals surface area contributed by atoms with E-state index in [0.717, 1.165) is 0 Å². The lowest BCUT2D eigenvalue weighted by atomic mass is 9.83. The SMILES string of the molecule is CC1=Cc2c(Br)cccc2C1[Si](C)(C)C1C(C)=Cc2c1cccc2C(C)(C)C. The molecule has 0 fully saturated rings. The maximum absolute atomic E-state index is 3.78. The van der Waals surface area contributed by atoms with Gasteiger partial charge in [-0.15, -0.1) is 0 Å². The molecule has 2 aliphatic carbocycles. The topological polar surface area (TPSA) is 0 Å².